The Bertz CT molecular complexity index is 1200. The van der Waals surface area contributed by atoms with E-state index in [4.69, 9.17) is 4.42 Å². The SMILES string of the molecule is CCC(NC(=O)/C(=C/c1ccco1)NC(=O)c1ccccc1)c1ccc(S(C)(=O)=O)cc1. The first-order valence-corrected chi connectivity index (χ1v) is 11.9. The largest absolute Gasteiger partial charge is 0.465 e. The van der Waals surface area contributed by atoms with E-state index in [0.717, 1.165) is 11.8 Å². The van der Waals surface area contributed by atoms with Gasteiger partial charge in [-0.3, -0.25) is 9.59 Å². The maximum absolute atomic E-state index is 13.1. The number of sulfone groups is 1. The van der Waals surface area contributed by atoms with Gasteiger partial charge in [-0.25, -0.2) is 8.42 Å². The third-order valence-electron chi connectivity index (χ3n) is 4.78. The molecule has 2 aromatic carbocycles. The second-order valence-corrected chi connectivity index (χ2v) is 9.18. The zero-order valence-electron chi connectivity index (χ0n) is 17.7. The Balaban J connectivity index is 1.83. The minimum Gasteiger partial charge on any atom is -0.465 e. The van der Waals surface area contributed by atoms with E-state index in [2.05, 4.69) is 10.6 Å². The molecule has 1 unspecified atom stereocenters. The Morgan fingerprint density at radius 1 is 1.00 bits per heavy atom. The molecule has 2 N–H and O–H groups in total. The summed E-state index contributed by atoms with van der Waals surface area (Å²) < 4.78 is 28.7. The number of carbonyl (C=O) groups is 2. The van der Waals surface area contributed by atoms with Crippen molar-refractivity contribution in [3.05, 3.63) is 95.6 Å². The van der Waals surface area contributed by atoms with Gasteiger partial charge in [-0.1, -0.05) is 37.3 Å². The molecule has 0 aliphatic heterocycles. The predicted molar refractivity (Wildman–Crippen MR) is 121 cm³/mol. The summed E-state index contributed by atoms with van der Waals surface area (Å²) in [7, 11) is -3.31. The van der Waals surface area contributed by atoms with E-state index in [-0.39, 0.29) is 16.6 Å². The molecule has 1 aromatic heterocycles. The van der Waals surface area contributed by atoms with Gasteiger partial charge in [-0.05, 0) is 48.4 Å². The highest BCUT2D eigenvalue weighted by molar-refractivity contribution is 7.90. The van der Waals surface area contributed by atoms with Crippen LogP contribution in [0.15, 0.2) is 88.0 Å². The number of hydrogen-bond donors (Lipinski definition) is 2. The molecule has 3 aromatic rings. The summed E-state index contributed by atoms with van der Waals surface area (Å²) >= 11 is 0. The summed E-state index contributed by atoms with van der Waals surface area (Å²) in [6.45, 7) is 1.90. The van der Waals surface area contributed by atoms with Crippen LogP contribution in [0.5, 0.6) is 0 Å². The first-order valence-electron chi connectivity index (χ1n) is 10.0. The smallest absolute Gasteiger partial charge is 0.268 e. The molecule has 0 aliphatic carbocycles. The zero-order chi connectivity index (χ0) is 23.1. The molecule has 1 atom stereocenters. The molecular weight excluding hydrogens is 428 g/mol. The molecule has 0 saturated carbocycles. The molecule has 7 nitrogen and oxygen atoms in total. The maximum Gasteiger partial charge on any atom is 0.268 e. The summed E-state index contributed by atoms with van der Waals surface area (Å²) in [5.41, 5.74) is 1.19. The Labute approximate surface area is 187 Å². The molecule has 0 saturated heterocycles. The molecule has 0 fully saturated rings. The third kappa shape index (κ3) is 5.95. The fourth-order valence-corrected chi connectivity index (χ4v) is 3.69. The number of carbonyl (C=O) groups excluding carboxylic acids is 2. The minimum absolute atomic E-state index is 0.0278. The number of rotatable bonds is 8. The van der Waals surface area contributed by atoms with E-state index >= 15 is 0 Å². The predicted octanol–water partition coefficient (Wildman–Crippen LogP) is 3.72. The van der Waals surface area contributed by atoms with Crippen molar-refractivity contribution in [2.75, 3.05) is 6.26 Å². The summed E-state index contributed by atoms with van der Waals surface area (Å²) in [5, 5.41) is 5.55. The van der Waals surface area contributed by atoms with Crippen LogP contribution < -0.4 is 10.6 Å². The lowest BCUT2D eigenvalue weighted by molar-refractivity contribution is -0.118. The van der Waals surface area contributed by atoms with Gasteiger partial charge in [0.15, 0.2) is 9.84 Å². The average molecular weight is 453 g/mol. The molecule has 0 radical (unpaired) electrons. The third-order valence-corrected chi connectivity index (χ3v) is 5.91. The summed E-state index contributed by atoms with van der Waals surface area (Å²) in [6.07, 6.45) is 4.63. The lowest BCUT2D eigenvalue weighted by atomic mass is 10.0. The molecule has 0 bridgehead atoms. The van der Waals surface area contributed by atoms with Gasteiger partial charge in [-0.2, -0.15) is 0 Å². The van der Waals surface area contributed by atoms with Crippen LogP contribution in [0.2, 0.25) is 0 Å². The molecule has 8 heteroatoms. The first-order chi connectivity index (χ1) is 15.3. The molecule has 0 spiro atoms. The van der Waals surface area contributed by atoms with Gasteiger partial charge in [-0.15, -0.1) is 0 Å². The number of amides is 2. The molecular formula is C24H24N2O5S. The van der Waals surface area contributed by atoms with Gasteiger partial charge >= 0.3 is 0 Å². The van der Waals surface area contributed by atoms with Gasteiger partial charge < -0.3 is 15.1 Å². The van der Waals surface area contributed by atoms with E-state index in [1.54, 1.807) is 54.6 Å². The van der Waals surface area contributed by atoms with E-state index in [1.807, 2.05) is 6.92 Å². The number of nitrogens with one attached hydrogen (secondary N) is 2. The fourth-order valence-electron chi connectivity index (χ4n) is 3.06. The van der Waals surface area contributed by atoms with E-state index < -0.39 is 21.7 Å². The van der Waals surface area contributed by atoms with Crippen LogP contribution >= 0.6 is 0 Å². The van der Waals surface area contributed by atoms with Crippen LogP contribution in [0.4, 0.5) is 0 Å². The van der Waals surface area contributed by atoms with Gasteiger partial charge in [0.2, 0.25) is 0 Å². The van der Waals surface area contributed by atoms with Crippen LogP contribution in [0.25, 0.3) is 6.08 Å². The molecule has 0 aliphatic rings. The van der Waals surface area contributed by atoms with Crippen LogP contribution in [0.1, 0.15) is 41.1 Å². The second-order valence-electron chi connectivity index (χ2n) is 7.17. The fraction of sp³-hybridized carbons (Fsp3) is 0.167. The van der Waals surface area contributed by atoms with E-state index in [0.29, 0.717) is 17.7 Å². The Kier molecular flexibility index (Phi) is 7.27. The Morgan fingerprint density at radius 2 is 1.69 bits per heavy atom. The van der Waals surface area contributed by atoms with Gasteiger partial charge in [0.25, 0.3) is 11.8 Å². The molecule has 2 amide bonds. The molecule has 1 heterocycles. The Hall–Kier alpha value is -3.65. The summed E-state index contributed by atoms with van der Waals surface area (Å²) in [5.74, 6) is -0.511. The number of furan rings is 1. The second kappa shape index (κ2) is 10.1. The monoisotopic (exact) mass is 452 g/mol. The van der Waals surface area contributed by atoms with Crippen LogP contribution in [0.3, 0.4) is 0 Å². The van der Waals surface area contributed by atoms with Gasteiger partial charge in [0.1, 0.15) is 11.5 Å². The van der Waals surface area contributed by atoms with Crippen molar-refractivity contribution < 1.29 is 22.4 Å². The molecule has 166 valence electrons. The standard InChI is InChI=1S/C24H24N2O5S/c1-3-21(17-11-13-20(14-12-17)32(2,29)30)25-24(28)22(16-19-10-7-15-31-19)26-23(27)18-8-5-4-6-9-18/h4-16,21H,3H2,1-2H3,(H,25,28)(H,26,27)/b22-16-. The van der Waals surface area contributed by atoms with Crippen molar-refractivity contribution in [1.82, 2.24) is 10.6 Å². The van der Waals surface area contributed by atoms with E-state index in [9.17, 15) is 18.0 Å². The van der Waals surface area contributed by atoms with Crippen LogP contribution in [-0.4, -0.2) is 26.5 Å². The van der Waals surface area contributed by atoms with Crippen LogP contribution in [-0.2, 0) is 14.6 Å². The minimum atomic E-state index is -3.31. The Morgan fingerprint density at radius 3 is 2.25 bits per heavy atom. The molecule has 32 heavy (non-hydrogen) atoms. The van der Waals surface area contributed by atoms with Crippen molar-refractivity contribution >= 4 is 27.7 Å². The maximum atomic E-state index is 13.1. The lowest BCUT2D eigenvalue weighted by Gasteiger charge is -2.19. The van der Waals surface area contributed by atoms with Crippen molar-refractivity contribution in [3.8, 4) is 0 Å². The highest BCUT2D eigenvalue weighted by atomic mass is 32.2. The molecule has 3 rings (SSSR count). The highest BCUT2D eigenvalue weighted by Crippen LogP contribution is 2.20. The van der Waals surface area contributed by atoms with Crippen molar-refractivity contribution in [1.29, 1.82) is 0 Å². The van der Waals surface area contributed by atoms with Crippen molar-refractivity contribution in [3.63, 3.8) is 0 Å². The van der Waals surface area contributed by atoms with Gasteiger partial charge in [0.05, 0.1) is 17.2 Å². The summed E-state index contributed by atoms with van der Waals surface area (Å²) in [4.78, 5) is 25.9. The van der Waals surface area contributed by atoms with Gasteiger partial charge in [0, 0.05) is 17.9 Å². The van der Waals surface area contributed by atoms with Crippen LogP contribution in [0, 0.1) is 0 Å². The normalized spacial score (nSPS) is 12.8. The van der Waals surface area contributed by atoms with Crippen molar-refractivity contribution in [2.45, 2.75) is 24.3 Å². The zero-order valence-corrected chi connectivity index (χ0v) is 18.6. The topological polar surface area (TPSA) is 105 Å². The number of benzene rings is 2. The van der Waals surface area contributed by atoms with Crippen molar-refractivity contribution in [2.24, 2.45) is 0 Å². The van der Waals surface area contributed by atoms with E-state index in [1.165, 1.54) is 24.5 Å². The average Bonchev–Trinajstić information content (AvgIpc) is 3.30. The lowest BCUT2D eigenvalue weighted by Crippen LogP contribution is -2.36. The first kappa shape index (κ1) is 23.0. The number of hydrogen-bond acceptors (Lipinski definition) is 5. The highest BCUT2D eigenvalue weighted by Gasteiger charge is 2.20. The quantitative estimate of drug-likeness (QED) is 0.507. The summed E-state index contributed by atoms with van der Waals surface area (Å²) in [6, 6.07) is 17.9.